The first-order valence-electron chi connectivity index (χ1n) is 12.1. The van der Waals surface area contributed by atoms with Crippen LogP contribution >= 0.6 is 0 Å². The van der Waals surface area contributed by atoms with Crippen LogP contribution in [0.4, 0.5) is 0 Å². The number of carbonyl (C=O) groups excluding carboxylic acids is 2. The summed E-state index contributed by atoms with van der Waals surface area (Å²) in [5.74, 6) is 3.60. The van der Waals surface area contributed by atoms with Crippen LogP contribution in [0.3, 0.4) is 0 Å². The third kappa shape index (κ3) is 3.32. The molecule has 2 atom stereocenters. The molecular formula is C24H36N2O3. The van der Waals surface area contributed by atoms with E-state index in [1.165, 1.54) is 44.9 Å². The lowest BCUT2D eigenvalue weighted by molar-refractivity contribution is -0.169. The monoisotopic (exact) mass is 400 g/mol. The van der Waals surface area contributed by atoms with Crippen molar-refractivity contribution in [3.63, 3.8) is 0 Å². The van der Waals surface area contributed by atoms with Gasteiger partial charge in [-0.3, -0.25) is 20.4 Å². The fourth-order valence-corrected chi connectivity index (χ4v) is 10.0. The number of nitrogens with one attached hydrogen (secondary N) is 2. The zero-order valence-corrected chi connectivity index (χ0v) is 17.5. The van der Waals surface area contributed by atoms with E-state index in [9.17, 15) is 14.7 Å². The fourth-order valence-electron chi connectivity index (χ4n) is 10.0. The van der Waals surface area contributed by atoms with E-state index in [1.54, 1.807) is 0 Å². The van der Waals surface area contributed by atoms with Crippen LogP contribution in [0.1, 0.15) is 89.9 Å². The van der Waals surface area contributed by atoms with Gasteiger partial charge in [0.2, 0.25) is 11.8 Å². The Labute approximate surface area is 173 Å². The van der Waals surface area contributed by atoms with Crippen molar-refractivity contribution < 1.29 is 14.7 Å². The Morgan fingerprint density at radius 1 is 0.655 bits per heavy atom. The minimum absolute atomic E-state index is 0.00978. The average Bonchev–Trinajstić information content (AvgIpc) is 2.55. The predicted molar refractivity (Wildman–Crippen MR) is 108 cm³/mol. The predicted octanol–water partition coefficient (Wildman–Crippen LogP) is 3.46. The van der Waals surface area contributed by atoms with Crippen LogP contribution in [0.25, 0.3) is 0 Å². The van der Waals surface area contributed by atoms with E-state index >= 15 is 0 Å². The number of rotatable bonds is 4. The van der Waals surface area contributed by atoms with Crippen LogP contribution in [0.2, 0.25) is 0 Å². The average molecular weight is 401 g/mol. The Bertz CT molecular complexity index is 682. The summed E-state index contributed by atoms with van der Waals surface area (Å²) in [5, 5.41) is 10.9. The van der Waals surface area contributed by atoms with Crippen LogP contribution in [-0.2, 0) is 9.59 Å². The maximum absolute atomic E-state index is 12.7. The van der Waals surface area contributed by atoms with Gasteiger partial charge in [0.25, 0.3) is 0 Å². The number of amides is 2. The van der Waals surface area contributed by atoms with Crippen LogP contribution < -0.4 is 10.9 Å². The first kappa shape index (κ1) is 18.7. The molecule has 8 fully saturated rings. The standard InChI is InChI=1S/C24H36N2O3/c27-20(12-22-5-15-1-16(6-22)3-17(2-15)7-22)25-26-21(28)13-23-8-18-4-19(9-23)11-24(29,10-18)14-23/h15-19,29H,1-14H2,(H,25,27)(H,26,28)/t15?,16?,17?,18-,19-,22?,23?,24?/m0/s1. The van der Waals surface area contributed by atoms with E-state index in [2.05, 4.69) is 10.9 Å². The van der Waals surface area contributed by atoms with Crippen molar-refractivity contribution in [2.45, 2.75) is 95.5 Å². The second-order valence-electron chi connectivity index (χ2n) is 12.6. The summed E-state index contributed by atoms with van der Waals surface area (Å²) >= 11 is 0. The van der Waals surface area contributed by atoms with Crippen molar-refractivity contribution in [1.82, 2.24) is 10.9 Å². The second-order valence-corrected chi connectivity index (χ2v) is 12.6. The molecule has 8 aliphatic carbocycles. The molecule has 29 heavy (non-hydrogen) atoms. The largest absolute Gasteiger partial charge is 0.390 e. The van der Waals surface area contributed by atoms with Gasteiger partial charge in [-0.25, -0.2) is 0 Å². The number of hydrogen-bond donors (Lipinski definition) is 3. The first-order valence-corrected chi connectivity index (χ1v) is 12.1. The molecule has 0 aromatic rings. The molecule has 5 nitrogen and oxygen atoms in total. The van der Waals surface area contributed by atoms with Gasteiger partial charge in [0.15, 0.2) is 0 Å². The van der Waals surface area contributed by atoms with Gasteiger partial charge >= 0.3 is 0 Å². The molecule has 5 heteroatoms. The highest BCUT2D eigenvalue weighted by Crippen LogP contribution is 2.63. The highest BCUT2D eigenvalue weighted by molar-refractivity contribution is 5.82. The SMILES string of the molecule is O=C(CC12CC3CC(CC(C3)C1)C2)NNC(=O)CC12C[C@@H]3C[C@H](CC(O)(C3)C1)C2. The normalized spacial score (nSPS) is 51.3. The number of hydrazine groups is 1. The number of hydrogen-bond acceptors (Lipinski definition) is 3. The molecule has 0 unspecified atom stereocenters. The summed E-state index contributed by atoms with van der Waals surface area (Å²) in [5.41, 5.74) is 5.10. The molecule has 2 amide bonds. The molecule has 8 rings (SSSR count). The van der Waals surface area contributed by atoms with Gasteiger partial charge in [-0.1, -0.05) is 0 Å². The Kier molecular flexibility index (Phi) is 3.99. The van der Waals surface area contributed by atoms with Crippen molar-refractivity contribution in [3.05, 3.63) is 0 Å². The van der Waals surface area contributed by atoms with Crippen LogP contribution in [0.5, 0.6) is 0 Å². The molecule has 8 bridgehead atoms. The van der Waals surface area contributed by atoms with Gasteiger partial charge in [-0.15, -0.1) is 0 Å². The Hall–Kier alpha value is -1.10. The lowest BCUT2D eigenvalue weighted by atomic mass is 9.47. The van der Waals surface area contributed by atoms with E-state index in [0.29, 0.717) is 24.7 Å². The smallest absolute Gasteiger partial charge is 0.238 e. The molecule has 0 aromatic carbocycles. The quantitative estimate of drug-likeness (QED) is 0.633. The molecule has 0 heterocycles. The van der Waals surface area contributed by atoms with Crippen molar-refractivity contribution in [2.24, 2.45) is 40.4 Å². The summed E-state index contributed by atoms with van der Waals surface area (Å²) in [6, 6.07) is 0. The summed E-state index contributed by atoms with van der Waals surface area (Å²) in [6.45, 7) is 0. The van der Waals surface area contributed by atoms with Gasteiger partial charge < -0.3 is 5.11 Å². The highest BCUT2D eigenvalue weighted by atomic mass is 16.3. The molecule has 8 aliphatic rings. The molecule has 160 valence electrons. The lowest BCUT2D eigenvalue weighted by Gasteiger charge is -2.60. The van der Waals surface area contributed by atoms with E-state index in [0.717, 1.165) is 49.9 Å². The molecule has 0 saturated heterocycles. The van der Waals surface area contributed by atoms with Gasteiger partial charge in [0, 0.05) is 12.8 Å². The van der Waals surface area contributed by atoms with E-state index in [-0.39, 0.29) is 22.6 Å². The fraction of sp³-hybridized carbons (Fsp3) is 0.917. The zero-order valence-electron chi connectivity index (χ0n) is 17.5. The number of carbonyl (C=O) groups is 2. The topological polar surface area (TPSA) is 78.4 Å². The van der Waals surface area contributed by atoms with E-state index < -0.39 is 5.60 Å². The highest BCUT2D eigenvalue weighted by Gasteiger charge is 2.57. The van der Waals surface area contributed by atoms with Gasteiger partial charge in [0.05, 0.1) is 5.60 Å². The maximum Gasteiger partial charge on any atom is 0.238 e. The van der Waals surface area contributed by atoms with Crippen molar-refractivity contribution in [3.8, 4) is 0 Å². The van der Waals surface area contributed by atoms with Crippen LogP contribution in [0, 0.1) is 40.4 Å². The lowest BCUT2D eigenvalue weighted by Crippen LogP contribution is -2.57. The van der Waals surface area contributed by atoms with Crippen molar-refractivity contribution in [1.29, 1.82) is 0 Å². The summed E-state index contributed by atoms with van der Waals surface area (Å²) in [7, 11) is 0. The van der Waals surface area contributed by atoms with Crippen LogP contribution in [-0.4, -0.2) is 22.5 Å². The van der Waals surface area contributed by atoms with Gasteiger partial charge in [-0.2, -0.15) is 0 Å². The molecule has 0 aromatic heterocycles. The molecule has 8 saturated carbocycles. The third-order valence-electron chi connectivity index (χ3n) is 9.73. The first-order chi connectivity index (χ1) is 13.8. The van der Waals surface area contributed by atoms with E-state index in [1.807, 2.05) is 0 Å². The van der Waals surface area contributed by atoms with E-state index in [4.69, 9.17) is 0 Å². The van der Waals surface area contributed by atoms with Gasteiger partial charge in [-0.05, 0) is 117 Å². The maximum atomic E-state index is 12.7. The van der Waals surface area contributed by atoms with Crippen LogP contribution in [0.15, 0.2) is 0 Å². The Morgan fingerprint density at radius 3 is 1.55 bits per heavy atom. The number of aliphatic hydroxyl groups is 1. The van der Waals surface area contributed by atoms with Crippen molar-refractivity contribution >= 4 is 11.8 Å². The molecular weight excluding hydrogens is 364 g/mol. The minimum atomic E-state index is -0.536. The summed E-state index contributed by atoms with van der Waals surface area (Å²) < 4.78 is 0. The summed E-state index contributed by atoms with van der Waals surface area (Å²) in [4.78, 5) is 25.4. The van der Waals surface area contributed by atoms with Gasteiger partial charge in [0.1, 0.15) is 0 Å². The van der Waals surface area contributed by atoms with Crippen molar-refractivity contribution in [2.75, 3.05) is 0 Å². The summed E-state index contributed by atoms with van der Waals surface area (Å²) in [6.07, 6.45) is 14.8. The molecule has 0 spiro atoms. The zero-order chi connectivity index (χ0) is 19.9. The molecule has 0 aliphatic heterocycles. The third-order valence-corrected chi connectivity index (χ3v) is 9.73. The second kappa shape index (κ2) is 6.21. The Morgan fingerprint density at radius 2 is 1.07 bits per heavy atom. The minimum Gasteiger partial charge on any atom is -0.390 e. The Balaban J connectivity index is 1.03. The molecule has 0 radical (unpaired) electrons. The molecule has 3 N–H and O–H groups in total.